The second-order valence-electron chi connectivity index (χ2n) is 10.9. The Morgan fingerprint density at radius 1 is 0.548 bits per heavy atom. The standard InChI is InChI=1S/C38H25N3O/c1-40-33-23-26(18-20-31(33)39-38(40)24-10-3-2-4-11-24)25-12-9-13-27(22-25)41-32-16-7-5-14-28(32)29-19-21-35-36(37(29)41)30-15-6-8-17-34(30)42-35/h2-23H,1H3. The van der Waals surface area contributed by atoms with E-state index in [1.807, 2.05) is 18.2 Å². The zero-order valence-corrected chi connectivity index (χ0v) is 23.0. The minimum Gasteiger partial charge on any atom is -0.456 e. The van der Waals surface area contributed by atoms with Gasteiger partial charge >= 0.3 is 0 Å². The number of hydrogen-bond acceptors (Lipinski definition) is 2. The van der Waals surface area contributed by atoms with Crippen molar-refractivity contribution in [2.75, 3.05) is 0 Å². The summed E-state index contributed by atoms with van der Waals surface area (Å²) in [5.41, 5.74) is 10.8. The fourth-order valence-electron chi connectivity index (χ4n) is 6.57. The number of aryl methyl sites for hydroxylation is 1. The van der Waals surface area contributed by atoms with Crippen molar-refractivity contribution in [2.24, 2.45) is 7.05 Å². The predicted octanol–water partition coefficient (Wildman–Crippen LogP) is 9.90. The molecule has 0 atom stereocenters. The summed E-state index contributed by atoms with van der Waals surface area (Å²) in [4.78, 5) is 4.94. The van der Waals surface area contributed by atoms with E-state index in [4.69, 9.17) is 9.40 Å². The molecule has 0 aliphatic rings. The molecule has 0 saturated carbocycles. The van der Waals surface area contributed by atoms with Crippen molar-refractivity contribution in [2.45, 2.75) is 0 Å². The Kier molecular flexibility index (Phi) is 4.79. The summed E-state index contributed by atoms with van der Waals surface area (Å²) in [6.07, 6.45) is 0. The molecule has 0 saturated heterocycles. The van der Waals surface area contributed by atoms with Crippen molar-refractivity contribution in [3.63, 3.8) is 0 Å². The molecule has 0 N–H and O–H groups in total. The molecule has 42 heavy (non-hydrogen) atoms. The van der Waals surface area contributed by atoms with Crippen LogP contribution in [0.25, 0.3) is 83.0 Å². The summed E-state index contributed by atoms with van der Waals surface area (Å²) in [6.45, 7) is 0. The average molecular weight is 540 g/mol. The lowest BCUT2D eigenvalue weighted by Gasteiger charge is -2.11. The van der Waals surface area contributed by atoms with E-state index in [1.54, 1.807) is 0 Å². The summed E-state index contributed by atoms with van der Waals surface area (Å²) < 4.78 is 10.9. The number of imidazole rings is 1. The van der Waals surface area contributed by atoms with Crippen LogP contribution in [0.1, 0.15) is 0 Å². The molecule has 0 amide bonds. The van der Waals surface area contributed by atoms with Gasteiger partial charge in [0.15, 0.2) is 0 Å². The number of aromatic nitrogens is 3. The zero-order valence-electron chi connectivity index (χ0n) is 23.0. The highest BCUT2D eigenvalue weighted by molar-refractivity contribution is 6.24. The van der Waals surface area contributed by atoms with Gasteiger partial charge in [-0.05, 0) is 59.7 Å². The van der Waals surface area contributed by atoms with Gasteiger partial charge in [-0.2, -0.15) is 0 Å². The van der Waals surface area contributed by atoms with Crippen molar-refractivity contribution < 1.29 is 4.42 Å². The van der Waals surface area contributed by atoms with Crippen LogP contribution < -0.4 is 0 Å². The summed E-state index contributed by atoms with van der Waals surface area (Å²) in [5, 5.41) is 4.73. The zero-order chi connectivity index (χ0) is 27.8. The van der Waals surface area contributed by atoms with Gasteiger partial charge in [0, 0.05) is 34.5 Å². The maximum atomic E-state index is 6.30. The first-order valence-electron chi connectivity index (χ1n) is 14.2. The molecule has 0 radical (unpaired) electrons. The molecule has 0 aliphatic carbocycles. The number of rotatable bonds is 3. The van der Waals surface area contributed by atoms with Crippen LogP contribution in [0.15, 0.2) is 138 Å². The Bertz CT molecular complexity index is 2480. The lowest BCUT2D eigenvalue weighted by Crippen LogP contribution is -1.95. The van der Waals surface area contributed by atoms with Crippen LogP contribution in [0.3, 0.4) is 0 Å². The quantitative estimate of drug-likeness (QED) is 0.224. The normalized spacial score (nSPS) is 11.9. The third-order valence-electron chi connectivity index (χ3n) is 8.53. The molecular formula is C38H25N3O. The third kappa shape index (κ3) is 3.26. The van der Waals surface area contributed by atoms with Crippen LogP contribution >= 0.6 is 0 Å². The van der Waals surface area contributed by atoms with Gasteiger partial charge in [0.25, 0.3) is 0 Å². The van der Waals surface area contributed by atoms with E-state index in [-0.39, 0.29) is 0 Å². The second kappa shape index (κ2) is 8.69. The molecule has 0 fully saturated rings. The van der Waals surface area contributed by atoms with Crippen LogP contribution in [-0.2, 0) is 7.05 Å². The van der Waals surface area contributed by atoms with E-state index < -0.39 is 0 Å². The fourth-order valence-corrected chi connectivity index (χ4v) is 6.57. The van der Waals surface area contributed by atoms with E-state index in [0.29, 0.717) is 0 Å². The molecule has 0 spiro atoms. The monoisotopic (exact) mass is 539 g/mol. The summed E-state index contributed by atoms with van der Waals surface area (Å²) in [6, 6.07) is 47.1. The summed E-state index contributed by atoms with van der Waals surface area (Å²) in [7, 11) is 2.09. The smallest absolute Gasteiger partial charge is 0.140 e. The van der Waals surface area contributed by atoms with E-state index in [2.05, 4.69) is 131 Å². The molecular weight excluding hydrogens is 514 g/mol. The van der Waals surface area contributed by atoms with Crippen molar-refractivity contribution in [3.05, 3.63) is 133 Å². The number of benzene rings is 6. The van der Waals surface area contributed by atoms with Crippen LogP contribution in [0.5, 0.6) is 0 Å². The van der Waals surface area contributed by atoms with Crippen LogP contribution in [0, 0.1) is 0 Å². The molecule has 6 aromatic carbocycles. The van der Waals surface area contributed by atoms with Crippen molar-refractivity contribution >= 4 is 54.8 Å². The van der Waals surface area contributed by atoms with Gasteiger partial charge in [0.1, 0.15) is 17.0 Å². The highest BCUT2D eigenvalue weighted by atomic mass is 16.3. The SMILES string of the molecule is Cn1c(-c2ccccc2)nc2ccc(-c3cccc(-n4c5ccccc5c5ccc6oc7ccccc7c6c54)c3)cc21. The van der Waals surface area contributed by atoms with Crippen LogP contribution in [0.4, 0.5) is 0 Å². The third-order valence-corrected chi connectivity index (χ3v) is 8.53. The van der Waals surface area contributed by atoms with Crippen LogP contribution in [0.2, 0.25) is 0 Å². The van der Waals surface area contributed by atoms with Crippen molar-refractivity contribution in [1.29, 1.82) is 0 Å². The minimum atomic E-state index is 0.903. The van der Waals surface area contributed by atoms with E-state index in [9.17, 15) is 0 Å². The van der Waals surface area contributed by atoms with Gasteiger partial charge in [-0.1, -0.05) is 84.9 Å². The Morgan fingerprint density at radius 2 is 1.31 bits per heavy atom. The average Bonchev–Trinajstić information content (AvgIpc) is 3.70. The Morgan fingerprint density at radius 3 is 2.21 bits per heavy atom. The Labute approximate surface area is 241 Å². The molecule has 3 heterocycles. The molecule has 198 valence electrons. The minimum absolute atomic E-state index is 0.903. The lowest BCUT2D eigenvalue weighted by atomic mass is 10.0. The summed E-state index contributed by atoms with van der Waals surface area (Å²) >= 11 is 0. The number of fused-ring (bicyclic) bond motifs is 8. The maximum Gasteiger partial charge on any atom is 0.140 e. The molecule has 9 rings (SSSR count). The summed E-state index contributed by atoms with van der Waals surface area (Å²) in [5.74, 6) is 0.970. The molecule has 0 unspecified atom stereocenters. The topological polar surface area (TPSA) is 35.9 Å². The Hall–Kier alpha value is -5.61. The van der Waals surface area contributed by atoms with Crippen LogP contribution in [-0.4, -0.2) is 14.1 Å². The first-order valence-corrected chi connectivity index (χ1v) is 14.2. The van der Waals surface area contributed by atoms with Crippen molar-refractivity contribution in [1.82, 2.24) is 14.1 Å². The molecule has 4 nitrogen and oxygen atoms in total. The van der Waals surface area contributed by atoms with Gasteiger partial charge in [-0.3, -0.25) is 0 Å². The van der Waals surface area contributed by atoms with Gasteiger partial charge in [-0.15, -0.1) is 0 Å². The largest absolute Gasteiger partial charge is 0.456 e. The second-order valence-corrected chi connectivity index (χ2v) is 10.9. The molecule has 0 bridgehead atoms. The van der Waals surface area contributed by atoms with E-state index >= 15 is 0 Å². The molecule has 3 aromatic heterocycles. The fraction of sp³-hybridized carbons (Fsp3) is 0.0263. The van der Waals surface area contributed by atoms with Gasteiger partial charge in [0.05, 0.1) is 27.5 Å². The van der Waals surface area contributed by atoms with E-state index in [1.165, 1.54) is 21.8 Å². The molecule has 9 aromatic rings. The first kappa shape index (κ1) is 23.1. The molecule has 4 heteroatoms. The number of nitrogens with zero attached hydrogens (tertiary/aromatic N) is 3. The number of furan rings is 1. The highest BCUT2D eigenvalue weighted by Crippen LogP contribution is 2.41. The van der Waals surface area contributed by atoms with E-state index in [0.717, 1.165) is 61.2 Å². The number of para-hydroxylation sites is 2. The van der Waals surface area contributed by atoms with Gasteiger partial charge < -0.3 is 13.6 Å². The lowest BCUT2D eigenvalue weighted by molar-refractivity contribution is 0.669. The predicted molar refractivity (Wildman–Crippen MR) is 173 cm³/mol. The maximum absolute atomic E-state index is 6.30. The van der Waals surface area contributed by atoms with Gasteiger partial charge in [-0.25, -0.2) is 4.98 Å². The van der Waals surface area contributed by atoms with Crippen molar-refractivity contribution in [3.8, 4) is 28.2 Å². The highest BCUT2D eigenvalue weighted by Gasteiger charge is 2.19. The number of hydrogen-bond donors (Lipinski definition) is 0. The van der Waals surface area contributed by atoms with Gasteiger partial charge in [0.2, 0.25) is 0 Å². The molecule has 0 aliphatic heterocycles. The first-order chi connectivity index (χ1) is 20.7. The Balaban J connectivity index is 1.28.